The molecule has 0 fully saturated rings. The highest BCUT2D eigenvalue weighted by atomic mass is 19.4. The number of hydrogen-bond donors (Lipinski definition) is 0. The van der Waals surface area contributed by atoms with Crippen LogP contribution in [0.2, 0.25) is 0 Å². The summed E-state index contributed by atoms with van der Waals surface area (Å²) in [6, 6.07) is 4.97. The van der Waals surface area contributed by atoms with Gasteiger partial charge >= 0.3 is 12.4 Å². The van der Waals surface area contributed by atoms with Crippen LogP contribution in [0.1, 0.15) is 12.5 Å². The van der Waals surface area contributed by atoms with Crippen LogP contribution in [0.3, 0.4) is 0 Å². The molecule has 1 nitrogen and oxygen atoms in total. The molecule has 0 saturated heterocycles. The molecule has 0 bridgehead atoms. The summed E-state index contributed by atoms with van der Waals surface area (Å²) in [5.74, 6) is 0. The van der Waals surface area contributed by atoms with Crippen molar-refractivity contribution < 1.29 is 31.1 Å². The van der Waals surface area contributed by atoms with Gasteiger partial charge in [-0.1, -0.05) is 42.5 Å². The molecule has 0 amide bonds. The van der Waals surface area contributed by atoms with E-state index in [1.54, 1.807) is 0 Å². The molecule has 20 heavy (non-hydrogen) atoms. The van der Waals surface area contributed by atoms with E-state index < -0.39 is 30.1 Å². The molecule has 0 heterocycles. The lowest BCUT2D eigenvalue weighted by atomic mass is 9.92. The van der Waals surface area contributed by atoms with Crippen LogP contribution in [-0.2, 0) is 10.3 Å². The number of hydrogen-bond acceptors (Lipinski definition) is 1. The zero-order valence-corrected chi connectivity index (χ0v) is 10.5. The highest BCUT2D eigenvalue weighted by Gasteiger charge is 2.73. The topological polar surface area (TPSA) is 9.23 Å². The van der Waals surface area contributed by atoms with Crippen LogP contribution in [0.4, 0.5) is 26.3 Å². The molecule has 0 atom stereocenters. The minimum Gasteiger partial charge on any atom is -0.349 e. The Bertz CT molecular complexity index is 446. The molecule has 0 N–H and O–H groups in total. The van der Waals surface area contributed by atoms with E-state index in [4.69, 9.17) is 0 Å². The van der Waals surface area contributed by atoms with Gasteiger partial charge in [-0.05, 0) is 6.92 Å². The van der Waals surface area contributed by atoms with Crippen molar-refractivity contribution in [1.29, 1.82) is 0 Å². The highest BCUT2D eigenvalue weighted by Crippen LogP contribution is 2.52. The molecule has 112 valence electrons. The van der Waals surface area contributed by atoms with Crippen LogP contribution in [0.15, 0.2) is 42.5 Å². The molecule has 0 aliphatic carbocycles. The molecule has 0 aromatic heterocycles. The average Bonchev–Trinajstić information content (AvgIpc) is 2.27. The van der Waals surface area contributed by atoms with Crippen LogP contribution in [0.5, 0.6) is 0 Å². The number of ether oxygens (including phenoxy) is 1. The summed E-state index contributed by atoms with van der Waals surface area (Å²) in [6.45, 7) is 3.68. The fraction of sp³-hybridized carbons (Fsp3) is 0.385. The SMILES string of the molecule is C=C(C)COC(c1ccccc1)(C(F)(F)F)C(F)(F)F. The minimum absolute atomic E-state index is 0.0545. The van der Waals surface area contributed by atoms with Crippen LogP contribution in [0, 0.1) is 0 Å². The molecule has 0 saturated carbocycles. The number of benzene rings is 1. The maximum atomic E-state index is 13.1. The zero-order chi connectivity index (χ0) is 15.6. The van der Waals surface area contributed by atoms with Crippen molar-refractivity contribution in [3.05, 3.63) is 48.0 Å². The Morgan fingerprint density at radius 1 is 1.00 bits per heavy atom. The molecule has 1 aromatic carbocycles. The Labute approximate surface area is 111 Å². The first-order valence-electron chi connectivity index (χ1n) is 5.49. The number of halogens is 6. The van der Waals surface area contributed by atoms with Gasteiger partial charge in [0.1, 0.15) is 0 Å². The molecule has 0 unspecified atom stereocenters. The van der Waals surface area contributed by atoms with Gasteiger partial charge in [-0.3, -0.25) is 0 Å². The highest BCUT2D eigenvalue weighted by molar-refractivity contribution is 5.27. The van der Waals surface area contributed by atoms with Crippen molar-refractivity contribution in [3.63, 3.8) is 0 Å². The largest absolute Gasteiger partial charge is 0.430 e. The zero-order valence-electron chi connectivity index (χ0n) is 10.5. The molecule has 0 radical (unpaired) electrons. The first kappa shape index (κ1) is 16.6. The third kappa shape index (κ3) is 2.98. The van der Waals surface area contributed by atoms with Gasteiger partial charge < -0.3 is 4.74 Å². The second-order valence-corrected chi connectivity index (χ2v) is 4.29. The summed E-state index contributed by atoms with van der Waals surface area (Å²) in [6.07, 6.45) is -11.3. The number of alkyl halides is 6. The van der Waals surface area contributed by atoms with Gasteiger partial charge in [-0.2, -0.15) is 26.3 Å². The minimum atomic E-state index is -5.65. The Morgan fingerprint density at radius 3 is 1.80 bits per heavy atom. The van der Waals surface area contributed by atoms with Crippen molar-refractivity contribution in [1.82, 2.24) is 0 Å². The van der Waals surface area contributed by atoms with Crippen LogP contribution < -0.4 is 0 Å². The average molecular weight is 298 g/mol. The van der Waals surface area contributed by atoms with Gasteiger partial charge in [-0.15, -0.1) is 0 Å². The van der Waals surface area contributed by atoms with Gasteiger partial charge in [0.05, 0.1) is 6.61 Å². The maximum absolute atomic E-state index is 13.1. The third-order valence-electron chi connectivity index (χ3n) is 2.51. The standard InChI is InChI=1S/C13H12F6O/c1-9(2)8-20-11(12(14,15)16,13(17,18)19)10-6-4-3-5-7-10/h3-7H,1,8H2,2H3. The summed E-state index contributed by atoms with van der Waals surface area (Å²) in [5, 5.41) is 0. The van der Waals surface area contributed by atoms with Crippen molar-refractivity contribution in [2.24, 2.45) is 0 Å². The fourth-order valence-electron chi connectivity index (χ4n) is 1.64. The summed E-state index contributed by atoms with van der Waals surface area (Å²) in [7, 11) is 0. The first-order valence-corrected chi connectivity index (χ1v) is 5.49. The lowest BCUT2D eigenvalue weighted by Crippen LogP contribution is -2.56. The van der Waals surface area contributed by atoms with Gasteiger partial charge in [0.2, 0.25) is 0 Å². The van der Waals surface area contributed by atoms with Gasteiger partial charge in [-0.25, -0.2) is 0 Å². The molecule has 1 aromatic rings. The second kappa shape index (κ2) is 5.47. The van der Waals surface area contributed by atoms with E-state index in [0.717, 1.165) is 24.3 Å². The lowest BCUT2D eigenvalue weighted by molar-refractivity contribution is -0.387. The van der Waals surface area contributed by atoms with Crippen LogP contribution >= 0.6 is 0 Å². The molecular weight excluding hydrogens is 286 g/mol. The van der Waals surface area contributed by atoms with Crippen molar-refractivity contribution in [2.45, 2.75) is 24.9 Å². The van der Waals surface area contributed by atoms with Gasteiger partial charge in [0.15, 0.2) is 0 Å². The lowest BCUT2D eigenvalue weighted by Gasteiger charge is -2.37. The third-order valence-corrected chi connectivity index (χ3v) is 2.51. The smallest absolute Gasteiger partial charge is 0.349 e. The Morgan fingerprint density at radius 2 is 1.45 bits per heavy atom. The maximum Gasteiger partial charge on any atom is 0.430 e. The van der Waals surface area contributed by atoms with E-state index in [9.17, 15) is 26.3 Å². The molecule has 7 heteroatoms. The van der Waals surface area contributed by atoms with Crippen LogP contribution in [-0.4, -0.2) is 19.0 Å². The Hall–Kier alpha value is -1.50. The predicted octanol–water partition coefficient (Wildman–Crippen LogP) is 4.60. The second-order valence-electron chi connectivity index (χ2n) is 4.29. The molecular formula is C13H12F6O. The Kier molecular flexibility index (Phi) is 4.53. The quantitative estimate of drug-likeness (QED) is 0.583. The van der Waals surface area contributed by atoms with Crippen LogP contribution in [0.25, 0.3) is 0 Å². The van der Waals surface area contributed by atoms with E-state index in [1.165, 1.54) is 13.0 Å². The first-order chi connectivity index (χ1) is 9.02. The monoisotopic (exact) mass is 298 g/mol. The Balaban J connectivity index is 3.47. The van der Waals surface area contributed by atoms with E-state index in [2.05, 4.69) is 11.3 Å². The van der Waals surface area contributed by atoms with Crippen molar-refractivity contribution in [2.75, 3.05) is 6.61 Å². The van der Waals surface area contributed by atoms with Crippen molar-refractivity contribution >= 4 is 0 Å². The van der Waals surface area contributed by atoms with E-state index >= 15 is 0 Å². The van der Waals surface area contributed by atoms with E-state index in [1.807, 2.05) is 0 Å². The fourth-order valence-corrected chi connectivity index (χ4v) is 1.64. The van der Waals surface area contributed by atoms with Gasteiger partial charge in [0, 0.05) is 5.56 Å². The van der Waals surface area contributed by atoms with Crippen molar-refractivity contribution in [3.8, 4) is 0 Å². The normalized spacial score (nSPS) is 13.3. The molecule has 1 rings (SSSR count). The van der Waals surface area contributed by atoms with E-state index in [-0.39, 0.29) is 5.57 Å². The predicted molar refractivity (Wildman–Crippen MR) is 61.0 cm³/mol. The van der Waals surface area contributed by atoms with Gasteiger partial charge in [0.25, 0.3) is 5.60 Å². The summed E-state index contributed by atoms with van der Waals surface area (Å²) in [4.78, 5) is 0. The molecule has 0 aliphatic heterocycles. The summed E-state index contributed by atoms with van der Waals surface area (Å²) < 4.78 is 83.1. The summed E-state index contributed by atoms with van der Waals surface area (Å²) in [5.41, 5.74) is -5.32. The summed E-state index contributed by atoms with van der Waals surface area (Å²) >= 11 is 0. The molecule has 0 aliphatic rings. The molecule has 0 spiro atoms. The number of rotatable bonds is 4. The van der Waals surface area contributed by atoms with E-state index in [0.29, 0.717) is 0 Å².